The van der Waals surface area contributed by atoms with Gasteiger partial charge in [0.05, 0.1) is 0 Å². The Morgan fingerprint density at radius 3 is 2.95 bits per heavy atom. The summed E-state index contributed by atoms with van der Waals surface area (Å²) >= 11 is 4.98. The molecular weight excluding hydrogens is 268 g/mol. The number of hydrogen-bond donors (Lipinski definition) is 1. The molecule has 1 aromatic rings. The van der Waals surface area contributed by atoms with Gasteiger partial charge in [0, 0.05) is 18.7 Å². The van der Waals surface area contributed by atoms with Gasteiger partial charge >= 0.3 is 0 Å². The van der Waals surface area contributed by atoms with Crippen molar-refractivity contribution in [2.45, 2.75) is 26.7 Å². The topological polar surface area (TPSA) is 38.5 Å². The van der Waals surface area contributed by atoms with Crippen LogP contribution in [0.4, 0.5) is 0 Å². The van der Waals surface area contributed by atoms with E-state index in [4.69, 9.17) is 22.7 Å². The van der Waals surface area contributed by atoms with Crippen LogP contribution < -0.4 is 10.5 Å². The van der Waals surface area contributed by atoms with E-state index in [2.05, 4.69) is 18.7 Å². The standard InChI is InChI=1S/C16H24N2OS/c1-16(2)7-4-8-18(12-16)9-10-19-14-6-3-5-13(11-14)15(17)20/h3,5-6,11H,4,7-10,12H2,1-2H3,(H2,17,20). The molecule has 0 aromatic heterocycles. The van der Waals surface area contributed by atoms with E-state index in [1.165, 1.54) is 19.4 Å². The van der Waals surface area contributed by atoms with Gasteiger partial charge in [-0.3, -0.25) is 4.90 Å². The zero-order chi connectivity index (χ0) is 14.6. The molecule has 1 aliphatic heterocycles. The van der Waals surface area contributed by atoms with Gasteiger partial charge < -0.3 is 10.5 Å². The van der Waals surface area contributed by atoms with Crippen LogP contribution in [0.15, 0.2) is 24.3 Å². The van der Waals surface area contributed by atoms with E-state index in [0.717, 1.165) is 24.4 Å². The number of ether oxygens (including phenoxy) is 1. The fourth-order valence-electron chi connectivity index (χ4n) is 2.77. The SMILES string of the molecule is CC1(C)CCCN(CCOc2cccc(C(N)=S)c2)C1. The maximum absolute atomic E-state index is 5.81. The van der Waals surface area contributed by atoms with Crippen molar-refractivity contribution in [1.29, 1.82) is 0 Å². The third-order valence-corrected chi connectivity index (χ3v) is 4.01. The normalized spacial score (nSPS) is 18.7. The zero-order valence-corrected chi connectivity index (χ0v) is 13.2. The maximum atomic E-state index is 5.81. The molecule has 0 bridgehead atoms. The minimum absolute atomic E-state index is 0.410. The molecule has 0 unspecified atom stereocenters. The van der Waals surface area contributed by atoms with Crippen LogP contribution in [0.3, 0.4) is 0 Å². The van der Waals surface area contributed by atoms with Gasteiger partial charge in [-0.2, -0.15) is 0 Å². The Kier molecular flexibility index (Phi) is 5.00. The van der Waals surface area contributed by atoms with Crippen molar-refractivity contribution in [3.05, 3.63) is 29.8 Å². The Balaban J connectivity index is 1.81. The van der Waals surface area contributed by atoms with E-state index >= 15 is 0 Å². The Hall–Kier alpha value is -1.13. The van der Waals surface area contributed by atoms with Crippen LogP contribution in [0.2, 0.25) is 0 Å². The summed E-state index contributed by atoms with van der Waals surface area (Å²) in [6.07, 6.45) is 2.60. The monoisotopic (exact) mass is 292 g/mol. The van der Waals surface area contributed by atoms with Gasteiger partial charge in [0.2, 0.25) is 0 Å². The number of thiocarbonyl (C=S) groups is 1. The van der Waals surface area contributed by atoms with Gasteiger partial charge in [0.15, 0.2) is 0 Å². The Labute approximate surface area is 127 Å². The quantitative estimate of drug-likeness (QED) is 0.847. The van der Waals surface area contributed by atoms with Gasteiger partial charge in [0.1, 0.15) is 17.3 Å². The van der Waals surface area contributed by atoms with E-state index in [1.807, 2.05) is 24.3 Å². The van der Waals surface area contributed by atoms with Crippen LogP contribution in [0.25, 0.3) is 0 Å². The number of likely N-dealkylation sites (tertiary alicyclic amines) is 1. The molecule has 0 saturated carbocycles. The number of piperidine rings is 1. The van der Waals surface area contributed by atoms with Crippen molar-refractivity contribution in [2.75, 3.05) is 26.2 Å². The lowest BCUT2D eigenvalue weighted by Gasteiger charge is -2.37. The molecule has 1 heterocycles. The second-order valence-electron chi connectivity index (χ2n) is 6.28. The van der Waals surface area contributed by atoms with Crippen LogP contribution in [-0.2, 0) is 0 Å². The number of rotatable bonds is 5. The van der Waals surface area contributed by atoms with Gasteiger partial charge in [-0.1, -0.05) is 38.2 Å². The summed E-state index contributed by atoms with van der Waals surface area (Å²) in [4.78, 5) is 2.90. The smallest absolute Gasteiger partial charge is 0.120 e. The Bertz CT molecular complexity index is 473. The number of nitrogens with zero attached hydrogens (tertiary/aromatic N) is 1. The van der Waals surface area contributed by atoms with Crippen LogP contribution in [-0.4, -0.2) is 36.1 Å². The lowest BCUT2D eigenvalue weighted by Crippen LogP contribution is -2.41. The number of benzene rings is 1. The first-order chi connectivity index (χ1) is 9.46. The molecule has 2 rings (SSSR count). The fourth-order valence-corrected chi connectivity index (χ4v) is 2.89. The summed E-state index contributed by atoms with van der Waals surface area (Å²) in [6, 6.07) is 7.68. The maximum Gasteiger partial charge on any atom is 0.120 e. The van der Waals surface area contributed by atoms with Crippen LogP contribution in [0.1, 0.15) is 32.3 Å². The van der Waals surface area contributed by atoms with Gasteiger partial charge in [-0.15, -0.1) is 0 Å². The molecule has 0 spiro atoms. The van der Waals surface area contributed by atoms with Crippen molar-refractivity contribution in [3.63, 3.8) is 0 Å². The molecule has 3 nitrogen and oxygen atoms in total. The summed E-state index contributed by atoms with van der Waals surface area (Å²) < 4.78 is 5.81. The first kappa shape index (κ1) is 15.3. The number of hydrogen-bond acceptors (Lipinski definition) is 3. The lowest BCUT2D eigenvalue weighted by atomic mass is 9.84. The largest absolute Gasteiger partial charge is 0.492 e. The highest BCUT2D eigenvalue weighted by Crippen LogP contribution is 2.28. The molecule has 1 fully saturated rings. The van der Waals surface area contributed by atoms with E-state index in [0.29, 0.717) is 17.0 Å². The molecule has 0 aliphatic carbocycles. The van der Waals surface area contributed by atoms with Crippen LogP contribution in [0, 0.1) is 5.41 Å². The highest BCUT2D eigenvalue weighted by molar-refractivity contribution is 7.80. The minimum atomic E-state index is 0.410. The molecule has 2 N–H and O–H groups in total. The Morgan fingerprint density at radius 1 is 1.45 bits per heavy atom. The van der Waals surface area contributed by atoms with E-state index in [1.54, 1.807) is 0 Å². The van der Waals surface area contributed by atoms with Crippen LogP contribution >= 0.6 is 12.2 Å². The molecular formula is C16H24N2OS. The summed E-state index contributed by atoms with van der Waals surface area (Å²) in [6.45, 7) is 8.69. The molecule has 20 heavy (non-hydrogen) atoms. The van der Waals surface area contributed by atoms with Crippen molar-refractivity contribution >= 4 is 17.2 Å². The van der Waals surface area contributed by atoms with E-state index < -0.39 is 0 Å². The van der Waals surface area contributed by atoms with Crippen molar-refractivity contribution in [2.24, 2.45) is 11.1 Å². The molecule has 4 heteroatoms. The van der Waals surface area contributed by atoms with Crippen molar-refractivity contribution < 1.29 is 4.74 Å². The summed E-state index contributed by atoms with van der Waals surface area (Å²) in [5, 5.41) is 0. The third kappa shape index (κ3) is 4.46. The molecule has 0 atom stereocenters. The third-order valence-electron chi connectivity index (χ3n) is 3.77. The molecule has 0 radical (unpaired) electrons. The molecule has 0 amide bonds. The van der Waals surface area contributed by atoms with Gasteiger partial charge in [-0.25, -0.2) is 0 Å². The summed E-state index contributed by atoms with van der Waals surface area (Å²) in [5.41, 5.74) is 6.92. The van der Waals surface area contributed by atoms with Crippen LogP contribution in [0.5, 0.6) is 5.75 Å². The second kappa shape index (κ2) is 6.55. The summed E-state index contributed by atoms with van der Waals surface area (Å²) in [7, 11) is 0. The highest BCUT2D eigenvalue weighted by atomic mass is 32.1. The second-order valence-corrected chi connectivity index (χ2v) is 6.72. The van der Waals surface area contributed by atoms with E-state index in [9.17, 15) is 0 Å². The predicted molar refractivity (Wildman–Crippen MR) is 87.3 cm³/mol. The molecule has 1 aliphatic rings. The highest BCUT2D eigenvalue weighted by Gasteiger charge is 2.25. The molecule has 110 valence electrons. The van der Waals surface area contributed by atoms with Gasteiger partial charge in [0.25, 0.3) is 0 Å². The van der Waals surface area contributed by atoms with Crippen molar-refractivity contribution in [3.8, 4) is 5.75 Å². The van der Waals surface area contributed by atoms with Crippen molar-refractivity contribution in [1.82, 2.24) is 4.90 Å². The predicted octanol–water partition coefficient (Wildman–Crippen LogP) is 2.82. The average molecular weight is 292 g/mol. The first-order valence-electron chi connectivity index (χ1n) is 7.21. The molecule has 1 saturated heterocycles. The number of nitrogens with two attached hydrogens (primary N) is 1. The fraction of sp³-hybridized carbons (Fsp3) is 0.562. The molecule has 1 aromatic carbocycles. The van der Waals surface area contributed by atoms with E-state index in [-0.39, 0.29) is 0 Å². The van der Waals surface area contributed by atoms with Gasteiger partial charge in [-0.05, 0) is 36.9 Å². The Morgan fingerprint density at radius 2 is 2.25 bits per heavy atom. The average Bonchev–Trinajstić information content (AvgIpc) is 2.38. The zero-order valence-electron chi connectivity index (χ0n) is 12.4. The summed E-state index contributed by atoms with van der Waals surface area (Å²) in [5.74, 6) is 0.839. The lowest BCUT2D eigenvalue weighted by molar-refractivity contribution is 0.102. The first-order valence-corrected chi connectivity index (χ1v) is 7.62. The minimum Gasteiger partial charge on any atom is -0.492 e.